The summed E-state index contributed by atoms with van der Waals surface area (Å²) in [7, 11) is 4.09. The van der Waals surface area contributed by atoms with Crippen LogP contribution in [0.2, 0.25) is 0 Å². The predicted molar refractivity (Wildman–Crippen MR) is 86.3 cm³/mol. The van der Waals surface area contributed by atoms with Crippen molar-refractivity contribution in [1.82, 2.24) is 15.5 Å². The average molecular weight is 299 g/mol. The molecule has 1 saturated heterocycles. The summed E-state index contributed by atoms with van der Waals surface area (Å²) in [5.41, 5.74) is 0. The van der Waals surface area contributed by atoms with Crippen molar-refractivity contribution in [2.45, 2.75) is 45.7 Å². The molecule has 5 nitrogen and oxygen atoms in total. The minimum Gasteiger partial charge on any atom is -0.379 e. The second-order valence-corrected chi connectivity index (χ2v) is 6.80. The van der Waals surface area contributed by atoms with Crippen LogP contribution in [0.4, 0.5) is 0 Å². The third kappa shape index (κ3) is 6.76. The Hall–Kier alpha value is -0.650. The molecular weight excluding hydrogens is 266 g/mol. The first-order valence-corrected chi connectivity index (χ1v) is 8.20. The third-order valence-corrected chi connectivity index (χ3v) is 3.76. The lowest BCUT2D eigenvalue weighted by Gasteiger charge is -2.26. The normalized spacial score (nSPS) is 23.8. The fraction of sp³-hybridized carbons (Fsp3) is 0.938. The molecule has 1 fully saturated rings. The van der Waals surface area contributed by atoms with Crippen LogP contribution < -0.4 is 10.6 Å². The van der Waals surface area contributed by atoms with E-state index in [-0.39, 0.29) is 23.9 Å². The Balaban J connectivity index is 2.54. The van der Waals surface area contributed by atoms with Crippen molar-refractivity contribution in [1.29, 1.82) is 0 Å². The molecule has 1 amide bonds. The number of hydrogen-bond donors (Lipinski definition) is 2. The van der Waals surface area contributed by atoms with Gasteiger partial charge in [-0.3, -0.25) is 4.79 Å². The summed E-state index contributed by atoms with van der Waals surface area (Å²) >= 11 is 0. The second kappa shape index (κ2) is 9.38. The van der Waals surface area contributed by atoms with E-state index in [1.54, 1.807) is 0 Å². The maximum atomic E-state index is 12.5. The molecule has 0 radical (unpaired) electrons. The van der Waals surface area contributed by atoms with Gasteiger partial charge in [-0.15, -0.1) is 0 Å². The molecule has 1 aliphatic heterocycles. The molecule has 0 spiro atoms. The number of rotatable bonds is 9. The quantitative estimate of drug-likeness (QED) is 0.669. The van der Waals surface area contributed by atoms with Crippen molar-refractivity contribution in [2.24, 2.45) is 11.8 Å². The van der Waals surface area contributed by atoms with Crippen molar-refractivity contribution in [3.63, 3.8) is 0 Å². The summed E-state index contributed by atoms with van der Waals surface area (Å²) in [6.45, 7) is 9.51. The van der Waals surface area contributed by atoms with Crippen molar-refractivity contribution >= 4 is 5.91 Å². The molecule has 0 aliphatic carbocycles. The minimum atomic E-state index is -0.0617. The molecule has 3 unspecified atom stereocenters. The first-order valence-electron chi connectivity index (χ1n) is 8.20. The monoisotopic (exact) mass is 299 g/mol. The largest absolute Gasteiger partial charge is 0.379 e. The summed E-state index contributed by atoms with van der Waals surface area (Å²) in [6.07, 6.45) is 2.08. The van der Waals surface area contributed by atoms with Gasteiger partial charge in [0.1, 0.15) is 0 Å². The van der Waals surface area contributed by atoms with Gasteiger partial charge in [0.2, 0.25) is 5.91 Å². The van der Waals surface area contributed by atoms with Crippen LogP contribution in [0.3, 0.4) is 0 Å². The number of likely N-dealkylation sites (N-methyl/N-ethyl adjacent to an activating group) is 1. The SMILES string of the molecule is CCCNC1COCC1C(=O)NC(CC(C)C)CN(C)C. The van der Waals surface area contributed by atoms with E-state index < -0.39 is 0 Å². The van der Waals surface area contributed by atoms with Gasteiger partial charge < -0.3 is 20.3 Å². The summed E-state index contributed by atoms with van der Waals surface area (Å²) in [5.74, 6) is 0.645. The molecule has 0 aromatic carbocycles. The van der Waals surface area contributed by atoms with Gasteiger partial charge >= 0.3 is 0 Å². The lowest BCUT2D eigenvalue weighted by Crippen LogP contribution is -2.49. The Morgan fingerprint density at radius 1 is 1.33 bits per heavy atom. The van der Waals surface area contributed by atoms with Crippen LogP contribution in [0, 0.1) is 11.8 Å². The molecule has 0 saturated carbocycles. The van der Waals surface area contributed by atoms with Crippen molar-refractivity contribution in [3.05, 3.63) is 0 Å². The molecule has 21 heavy (non-hydrogen) atoms. The second-order valence-electron chi connectivity index (χ2n) is 6.80. The van der Waals surface area contributed by atoms with Crippen molar-refractivity contribution < 1.29 is 9.53 Å². The molecule has 124 valence electrons. The van der Waals surface area contributed by atoms with Crippen LogP contribution in [-0.4, -0.2) is 63.3 Å². The Morgan fingerprint density at radius 3 is 2.62 bits per heavy atom. The topological polar surface area (TPSA) is 53.6 Å². The van der Waals surface area contributed by atoms with Gasteiger partial charge in [-0.1, -0.05) is 20.8 Å². The number of nitrogens with one attached hydrogen (secondary N) is 2. The van der Waals surface area contributed by atoms with E-state index in [1.165, 1.54) is 0 Å². The van der Waals surface area contributed by atoms with E-state index >= 15 is 0 Å². The first-order chi connectivity index (χ1) is 9.93. The van der Waals surface area contributed by atoms with E-state index in [1.807, 2.05) is 14.1 Å². The Morgan fingerprint density at radius 2 is 2.05 bits per heavy atom. The van der Waals surface area contributed by atoms with Gasteiger partial charge in [0.25, 0.3) is 0 Å². The van der Waals surface area contributed by atoms with Crippen LogP contribution in [0.5, 0.6) is 0 Å². The predicted octanol–water partition coefficient (Wildman–Crippen LogP) is 1.09. The highest BCUT2D eigenvalue weighted by Crippen LogP contribution is 2.15. The molecule has 1 rings (SSSR count). The summed E-state index contributed by atoms with van der Waals surface area (Å²) < 4.78 is 5.50. The number of nitrogens with zero attached hydrogens (tertiary/aromatic N) is 1. The van der Waals surface area contributed by atoms with E-state index in [2.05, 4.69) is 36.3 Å². The van der Waals surface area contributed by atoms with Crippen molar-refractivity contribution in [2.75, 3.05) is 40.4 Å². The Bertz CT molecular complexity index is 298. The molecule has 0 aromatic rings. The smallest absolute Gasteiger partial charge is 0.227 e. The maximum Gasteiger partial charge on any atom is 0.227 e. The number of carbonyl (C=O) groups excluding carboxylic acids is 1. The van der Waals surface area contributed by atoms with Crippen LogP contribution in [-0.2, 0) is 9.53 Å². The average Bonchev–Trinajstić information content (AvgIpc) is 2.82. The molecule has 1 aliphatic rings. The maximum absolute atomic E-state index is 12.5. The van der Waals surface area contributed by atoms with Crippen LogP contribution in [0.25, 0.3) is 0 Å². The van der Waals surface area contributed by atoms with Crippen LogP contribution in [0.1, 0.15) is 33.6 Å². The van der Waals surface area contributed by atoms with Gasteiger partial charge in [0, 0.05) is 18.6 Å². The zero-order valence-corrected chi connectivity index (χ0v) is 14.3. The fourth-order valence-corrected chi connectivity index (χ4v) is 2.84. The highest BCUT2D eigenvalue weighted by molar-refractivity contribution is 5.80. The minimum absolute atomic E-state index is 0.0617. The van der Waals surface area contributed by atoms with E-state index in [0.29, 0.717) is 19.1 Å². The van der Waals surface area contributed by atoms with Gasteiger partial charge in [0.05, 0.1) is 19.1 Å². The first kappa shape index (κ1) is 18.4. The number of amides is 1. The molecular formula is C16H33N3O2. The summed E-state index contributed by atoms with van der Waals surface area (Å²) in [5, 5.41) is 6.65. The zero-order chi connectivity index (χ0) is 15.8. The van der Waals surface area contributed by atoms with Crippen LogP contribution in [0.15, 0.2) is 0 Å². The molecule has 5 heteroatoms. The molecule has 2 N–H and O–H groups in total. The number of carbonyl (C=O) groups is 1. The van der Waals surface area contributed by atoms with Gasteiger partial charge in [-0.25, -0.2) is 0 Å². The van der Waals surface area contributed by atoms with Gasteiger partial charge in [-0.2, -0.15) is 0 Å². The zero-order valence-electron chi connectivity index (χ0n) is 14.3. The van der Waals surface area contributed by atoms with Crippen molar-refractivity contribution in [3.8, 4) is 0 Å². The van der Waals surface area contributed by atoms with Gasteiger partial charge in [0.15, 0.2) is 0 Å². The molecule has 0 bridgehead atoms. The number of hydrogen-bond acceptors (Lipinski definition) is 4. The van der Waals surface area contributed by atoms with Crippen LogP contribution >= 0.6 is 0 Å². The highest BCUT2D eigenvalue weighted by Gasteiger charge is 2.34. The standard InChI is InChI=1S/C16H33N3O2/c1-6-7-17-15-11-21-10-14(15)16(20)18-13(8-12(2)3)9-19(4)5/h12-15,17H,6-11H2,1-5H3,(H,18,20). The molecule has 3 atom stereocenters. The molecule has 0 aromatic heterocycles. The summed E-state index contributed by atoms with van der Waals surface area (Å²) in [6, 6.07) is 0.365. The third-order valence-electron chi connectivity index (χ3n) is 3.76. The fourth-order valence-electron chi connectivity index (χ4n) is 2.84. The lowest BCUT2D eigenvalue weighted by atomic mass is 9.99. The van der Waals surface area contributed by atoms with E-state index in [9.17, 15) is 4.79 Å². The Kier molecular flexibility index (Phi) is 8.22. The number of ether oxygens (including phenoxy) is 1. The lowest BCUT2D eigenvalue weighted by molar-refractivity contribution is -0.126. The van der Waals surface area contributed by atoms with Gasteiger partial charge in [-0.05, 0) is 39.4 Å². The van der Waals surface area contributed by atoms with E-state index in [0.717, 1.165) is 25.9 Å². The Labute approximate surface area is 129 Å². The highest BCUT2D eigenvalue weighted by atomic mass is 16.5. The summed E-state index contributed by atoms with van der Waals surface area (Å²) in [4.78, 5) is 14.7. The molecule has 1 heterocycles. The van der Waals surface area contributed by atoms with E-state index in [4.69, 9.17) is 4.74 Å².